The number of nitrogens with one attached hydrogen (secondary N) is 1. The topological polar surface area (TPSA) is 43.4 Å². The zero-order valence-electron chi connectivity index (χ0n) is 12.1. The standard InChI is InChI=1S/C16H20N2O2/c1-17-14(9-12-5-4-8-18-11-12)13-6-7-15(19-2)16(10-13)20-3/h4-8,10-11,14,17H,9H2,1-3H3. The summed E-state index contributed by atoms with van der Waals surface area (Å²) < 4.78 is 10.6. The number of pyridine rings is 1. The summed E-state index contributed by atoms with van der Waals surface area (Å²) in [6, 6.07) is 10.2. The number of benzene rings is 1. The molecular formula is C16H20N2O2. The van der Waals surface area contributed by atoms with E-state index in [0.29, 0.717) is 0 Å². The maximum atomic E-state index is 5.36. The number of likely N-dealkylation sites (N-methyl/N-ethyl adjacent to an activating group) is 1. The Morgan fingerprint density at radius 1 is 1.15 bits per heavy atom. The Kier molecular flexibility index (Phi) is 4.96. The summed E-state index contributed by atoms with van der Waals surface area (Å²) in [5.41, 5.74) is 2.36. The Morgan fingerprint density at radius 3 is 2.55 bits per heavy atom. The third-order valence-electron chi connectivity index (χ3n) is 3.32. The number of nitrogens with zero attached hydrogens (tertiary/aromatic N) is 1. The Labute approximate surface area is 119 Å². The summed E-state index contributed by atoms with van der Waals surface area (Å²) in [5.74, 6) is 1.49. The molecule has 2 rings (SSSR count). The second-order valence-corrected chi connectivity index (χ2v) is 4.52. The molecule has 1 atom stereocenters. The summed E-state index contributed by atoms with van der Waals surface area (Å²) in [7, 11) is 5.25. The van der Waals surface area contributed by atoms with E-state index in [2.05, 4.69) is 22.4 Å². The fourth-order valence-electron chi connectivity index (χ4n) is 2.21. The van der Waals surface area contributed by atoms with Gasteiger partial charge in [0.25, 0.3) is 0 Å². The Bertz CT molecular complexity index is 543. The van der Waals surface area contributed by atoms with Crippen LogP contribution in [-0.2, 0) is 6.42 Å². The molecule has 106 valence electrons. The first-order valence-corrected chi connectivity index (χ1v) is 6.56. The molecule has 1 aromatic heterocycles. The molecule has 0 aliphatic heterocycles. The van der Waals surface area contributed by atoms with Gasteiger partial charge in [-0.15, -0.1) is 0 Å². The van der Waals surface area contributed by atoms with Crippen LogP contribution in [0.4, 0.5) is 0 Å². The Morgan fingerprint density at radius 2 is 1.95 bits per heavy atom. The van der Waals surface area contributed by atoms with Gasteiger partial charge < -0.3 is 14.8 Å². The molecule has 1 heterocycles. The minimum atomic E-state index is 0.207. The van der Waals surface area contributed by atoms with Gasteiger partial charge in [0, 0.05) is 18.4 Å². The highest BCUT2D eigenvalue weighted by molar-refractivity contribution is 5.44. The van der Waals surface area contributed by atoms with E-state index in [0.717, 1.165) is 23.5 Å². The van der Waals surface area contributed by atoms with Gasteiger partial charge in [-0.3, -0.25) is 4.98 Å². The van der Waals surface area contributed by atoms with Gasteiger partial charge in [-0.1, -0.05) is 12.1 Å². The van der Waals surface area contributed by atoms with Crippen LogP contribution >= 0.6 is 0 Å². The van der Waals surface area contributed by atoms with Crippen LogP contribution in [0.1, 0.15) is 17.2 Å². The van der Waals surface area contributed by atoms with E-state index in [9.17, 15) is 0 Å². The number of methoxy groups -OCH3 is 2. The molecule has 20 heavy (non-hydrogen) atoms. The van der Waals surface area contributed by atoms with Crippen molar-refractivity contribution < 1.29 is 9.47 Å². The quantitative estimate of drug-likeness (QED) is 0.878. The molecule has 1 aromatic carbocycles. The van der Waals surface area contributed by atoms with E-state index in [4.69, 9.17) is 9.47 Å². The van der Waals surface area contributed by atoms with Crippen molar-refractivity contribution in [1.82, 2.24) is 10.3 Å². The number of rotatable bonds is 6. The zero-order valence-corrected chi connectivity index (χ0v) is 12.1. The van der Waals surface area contributed by atoms with Crippen molar-refractivity contribution in [2.24, 2.45) is 0 Å². The monoisotopic (exact) mass is 272 g/mol. The van der Waals surface area contributed by atoms with Gasteiger partial charge in [0.05, 0.1) is 14.2 Å². The van der Waals surface area contributed by atoms with E-state index in [-0.39, 0.29) is 6.04 Å². The van der Waals surface area contributed by atoms with Crippen LogP contribution < -0.4 is 14.8 Å². The molecule has 0 aliphatic rings. The smallest absolute Gasteiger partial charge is 0.161 e. The molecule has 0 spiro atoms. The third kappa shape index (κ3) is 3.27. The minimum absolute atomic E-state index is 0.207. The first-order chi connectivity index (χ1) is 9.78. The summed E-state index contributed by atoms with van der Waals surface area (Å²) in [4.78, 5) is 4.15. The maximum Gasteiger partial charge on any atom is 0.161 e. The highest BCUT2D eigenvalue weighted by Gasteiger charge is 2.13. The summed E-state index contributed by atoms with van der Waals surface area (Å²) >= 11 is 0. The van der Waals surface area contributed by atoms with Crippen molar-refractivity contribution in [2.75, 3.05) is 21.3 Å². The van der Waals surface area contributed by atoms with Gasteiger partial charge in [0.2, 0.25) is 0 Å². The van der Waals surface area contributed by atoms with Gasteiger partial charge in [0.15, 0.2) is 11.5 Å². The lowest BCUT2D eigenvalue weighted by molar-refractivity contribution is 0.354. The van der Waals surface area contributed by atoms with Crippen molar-refractivity contribution in [2.45, 2.75) is 12.5 Å². The summed E-state index contributed by atoms with van der Waals surface area (Å²) in [6.07, 6.45) is 4.55. The molecular weight excluding hydrogens is 252 g/mol. The lowest BCUT2D eigenvalue weighted by Crippen LogP contribution is -2.19. The van der Waals surface area contributed by atoms with Gasteiger partial charge >= 0.3 is 0 Å². The first-order valence-electron chi connectivity index (χ1n) is 6.56. The van der Waals surface area contributed by atoms with Crippen LogP contribution in [0, 0.1) is 0 Å². The second kappa shape index (κ2) is 6.91. The highest BCUT2D eigenvalue weighted by Crippen LogP contribution is 2.30. The van der Waals surface area contributed by atoms with Crippen LogP contribution in [0.25, 0.3) is 0 Å². The SMILES string of the molecule is CNC(Cc1cccnc1)c1ccc(OC)c(OC)c1. The second-order valence-electron chi connectivity index (χ2n) is 4.52. The molecule has 0 aliphatic carbocycles. The van der Waals surface area contributed by atoms with Crippen molar-refractivity contribution in [1.29, 1.82) is 0 Å². The number of hydrogen-bond acceptors (Lipinski definition) is 4. The van der Waals surface area contributed by atoms with Gasteiger partial charge in [0.1, 0.15) is 0 Å². The molecule has 4 heteroatoms. The minimum Gasteiger partial charge on any atom is -0.493 e. The zero-order chi connectivity index (χ0) is 14.4. The number of ether oxygens (including phenoxy) is 2. The van der Waals surface area contributed by atoms with E-state index >= 15 is 0 Å². The molecule has 0 saturated carbocycles. The predicted molar refractivity (Wildman–Crippen MR) is 79.3 cm³/mol. The van der Waals surface area contributed by atoms with E-state index in [1.54, 1.807) is 20.4 Å². The molecule has 0 amide bonds. The Hall–Kier alpha value is -2.07. The van der Waals surface area contributed by atoms with E-state index in [1.165, 1.54) is 5.56 Å². The van der Waals surface area contributed by atoms with Crippen LogP contribution in [0.2, 0.25) is 0 Å². The van der Waals surface area contributed by atoms with Crippen LogP contribution in [-0.4, -0.2) is 26.3 Å². The molecule has 0 bridgehead atoms. The molecule has 1 N–H and O–H groups in total. The van der Waals surface area contributed by atoms with Crippen molar-refractivity contribution >= 4 is 0 Å². The number of hydrogen-bond donors (Lipinski definition) is 1. The summed E-state index contributed by atoms with van der Waals surface area (Å²) in [6.45, 7) is 0. The third-order valence-corrected chi connectivity index (χ3v) is 3.32. The van der Waals surface area contributed by atoms with Gasteiger partial charge in [-0.2, -0.15) is 0 Å². The fourth-order valence-corrected chi connectivity index (χ4v) is 2.21. The molecule has 4 nitrogen and oxygen atoms in total. The highest BCUT2D eigenvalue weighted by atomic mass is 16.5. The number of aromatic nitrogens is 1. The van der Waals surface area contributed by atoms with Crippen molar-refractivity contribution in [3.05, 3.63) is 53.9 Å². The lowest BCUT2D eigenvalue weighted by atomic mass is 9.99. The largest absolute Gasteiger partial charge is 0.493 e. The van der Waals surface area contributed by atoms with E-state index < -0.39 is 0 Å². The summed E-state index contributed by atoms with van der Waals surface area (Å²) in [5, 5.41) is 3.33. The maximum absolute atomic E-state index is 5.36. The van der Waals surface area contributed by atoms with Gasteiger partial charge in [-0.05, 0) is 42.8 Å². The average molecular weight is 272 g/mol. The van der Waals surface area contributed by atoms with Gasteiger partial charge in [-0.25, -0.2) is 0 Å². The van der Waals surface area contributed by atoms with E-state index in [1.807, 2.05) is 31.4 Å². The van der Waals surface area contributed by atoms with Crippen molar-refractivity contribution in [3.8, 4) is 11.5 Å². The molecule has 0 fully saturated rings. The van der Waals surface area contributed by atoms with Crippen LogP contribution in [0.3, 0.4) is 0 Å². The van der Waals surface area contributed by atoms with Crippen molar-refractivity contribution in [3.63, 3.8) is 0 Å². The molecule has 2 aromatic rings. The predicted octanol–water partition coefficient (Wildman–Crippen LogP) is 2.60. The molecule has 1 unspecified atom stereocenters. The molecule has 0 radical (unpaired) electrons. The van der Waals surface area contributed by atoms with Crippen LogP contribution in [0.15, 0.2) is 42.7 Å². The first kappa shape index (κ1) is 14.3. The fraction of sp³-hybridized carbons (Fsp3) is 0.312. The average Bonchev–Trinajstić information content (AvgIpc) is 2.53. The molecule has 0 saturated heterocycles. The van der Waals surface area contributed by atoms with Crippen LogP contribution in [0.5, 0.6) is 11.5 Å². The Balaban J connectivity index is 2.23. The normalized spacial score (nSPS) is 11.9. The lowest BCUT2D eigenvalue weighted by Gasteiger charge is -2.18.